The van der Waals surface area contributed by atoms with E-state index in [1.807, 2.05) is 10.7 Å². The van der Waals surface area contributed by atoms with Crippen molar-refractivity contribution >= 4 is 22.4 Å². The van der Waals surface area contributed by atoms with E-state index in [1.165, 1.54) is 0 Å². The van der Waals surface area contributed by atoms with Gasteiger partial charge in [-0.25, -0.2) is 0 Å². The molecule has 1 atom stereocenters. The summed E-state index contributed by atoms with van der Waals surface area (Å²) in [6.07, 6.45) is -1.27. The Kier molecular flexibility index (Phi) is 4.33. The highest BCUT2D eigenvalue weighted by Crippen LogP contribution is 2.34. The van der Waals surface area contributed by atoms with Crippen LogP contribution in [0.25, 0.3) is 0 Å². The molecule has 2 aliphatic heterocycles. The molecule has 0 saturated carbocycles. The third kappa shape index (κ3) is 3.27. The van der Waals surface area contributed by atoms with E-state index < -0.39 is 11.2 Å². The Bertz CT molecular complexity index is 795. The van der Waals surface area contributed by atoms with Gasteiger partial charge in [-0.2, -0.15) is 18.3 Å². The second-order valence-electron chi connectivity index (χ2n) is 6.44. The van der Waals surface area contributed by atoms with Crippen molar-refractivity contribution in [1.29, 1.82) is 0 Å². The number of nitrogens with zero attached hydrogens (tertiary/aromatic N) is 6. The smallest absolute Gasteiger partial charge is 0.343 e. The van der Waals surface area contributed by atoms with Gasteiger partial charge in [-0.05, 0) is 12.5 Å². The van der Waals surface area contributed by atoms with Crippen molar-refractivity contribution in [3.63, 3.8) is 0 Å². The normalized spacial score (nSPS) is 21.0. The number of hydrogen-bond acceptors (Lipinski definition) is 6. The summed E-state index contributed by atoms with van der Waals surface area (Å²) < 4.78 is 39.9. The minimum absolute atomic E-state index is 0.0517. The number of fused-ring (bicyclic) bond motifs is 1. The predicted molar refractivity (Wildman–Crippen MR) is 87.7 cm³/mol. The van der Waals surface area contributed by atoms with E-state index >= 15 is 0 Å². The van der Waals surface area contributed by atoms with Crippen LogP contribution in [0.3, 0.4) is 0 Å². The second kappa shape index (κ2) is 6.53. The van der Waals surface area contributed by atoms with E-state index in [4.69, 9.17) is 0 Å². The second-order valence-corrected chi connectivity index (χ2v) is 7.39. The molecule has 0 radical (unpaired) electrons. The van der Waals surface area contributed by atoms with E-state index in [1.54, 1.807) is 16.0 Å². The van der Waals surface area contributed by atoms with E-state index in [9.17, 15) is 18.0 Å². The Hall–Kier alpha value is -2.17. The van der Waals surface area contributed by atoms with E-state index in [-0.39, 0.29) is 17.0 Å². The summed E-state index contributed by atoms with van der Waals surface area (Å²) in [4.78, 5) is 16.3. The molecule has 0 bridgehead atoms. The van der Waals surface area contributed by atoms with E-state index in [2.05, 4.69) is 15.3 Å². The number of amides is 1. The first-order valence-electron chi connectivity index (χ1n) is 8.37. The first kappa shape index (κ1) is 17.3. The molecule has 0 N–H and O–H groups in total. The molecule has 0 aromatic carbocycles. The lowest BCUT2D eigenvalue weighted by Crippen LogP contribution is -2.51. The number of hydrogen-bond donors (Lipinski definition) is 0. The van der Waals surface area contributed by atoms with Gasteiger partial charge in [0.1, 0.15) is 0 Å². The van der Waals surface area contributed by atoms with Gasteiger partial charge in [-0.15, -0.1) is 10.2 Å². The molecule has 0 spiro atoms. The molecule has 4 heterocycles. The molecule has 2 aliphatic rings. The molecule has 7 nitrogen and oxygen atoms in total. The van der Waals surface area contributed by atoms with Crippen molar-refractivity contribution in [3.8, 4) is 0 Å². The lowest BCUT2D eigenvalue weighted by atomic mass is 9.94. The van der Waals surface area contributed by atoms with Crippen molar-refractivity contribution in [2.24, 2.45) is 5.92 Å². The first-order chi connectivity index (χ1) is 12.4. The third-order valence-electron chi connectivity index (χ3n) is 4.82. The fraction of sp³-hybridized carbons (Fsp3) is 0.600. The number of alkyl halides is 3. The first-order valence-corrected chi connectivity index (χ1v) is 9.18. The van der Waals surface area contributed by atoms with Crippen LogP contribution < -0.4 is 4.90 Å². The van der Waals surface area contributed by atoms with Crippen molar-refractivity contribution in [3.05, 3.63) is 23.0 Å². The number of aryl methyl sites for hydroxylation is 1. The summed E-state index contributed by atoms with van der Waals surface area (Å²) in [7, 11) is 0. The molecule has 1 unspecified atom stereocenters. The number of halogens is 3. The van der Waals surface area contributed by atoms with Crippen LogP contribution >= 0.6 is 11.3 Å². The van der Waals surface area contributed by atoms with Crippen LogP contribution in [0.4, 0.5) is 18.3 Å². The zero-order chi connectivity index (χ0) is 18.3. The van der Waals surface area contributed by atoms with Gasteiger partial charge < -0.3 is 9.80 Å². The van der Waals surface area contributed by atoms with Gasteiger partial charge in [0.2, 0.25) is 16.0 Å². The van der Waals surface area contributed by atoms with Crippen LogP contribution in [0.5, 0.6) is 0 Å². The Morgan fingerprint density at radius 3 is 2.62 bits per heavy atom. The van der Waals surface area contributed by atoms with Gasteiger partial charge in [-0.3, -0.25) is 9.48 Å². The Balaban J connectivity index is 1.35. The highest BCUT2D eigenvalue weighted by molar-refractivity contribution is 7.15. The maximum absolute atomic E-state index is 12.8. The number of carbonyl (C=O) groups is 1. The quantitative estimate of drug-likeness (QED) is 0.786. The van der Waals surface area contributed by atoms with Crippen molar-refractivity contribution in [1.82, 2.24) is 24.9 Å². The SMILES string of the molecule is O=C(C1CCn2nccc2C1)N1CCN(c2nnc(C(F)(F)F)s2)CC1. The fourth-order valence-electron chi connectivity index (χ4n) is 3.41. The van der Waals surface area contributed by atoms with Crippen LogP contribution in [0.1, 0.15) is 17.1 Å². The highest BCUT2D eigenvalue weighted by atomic mass is 32.1. The lowest BCUT2D eigenvalue weighted by molar-refractivity contribution is -0.138. The van der Waals surface area contributed by atoms with Crippen molar-refractivity contribution in [2.45, 2.75) is 25.6 Å². The maximum Gasteiger partial charge on any atom is 0.445 e. The van der Waals surface area contributed by atoms with Crippen LogP contribution in [-0.2, 0) is 23.9 Å². The molecule has 140 valence electrons. The molecular weight excluding hydrogens is 369 g/mol. The van der Waals surface area contributed by atoms with Gasteiger partial charge in [0, 0.05) is 57.0 Å². The topological polar surface area (TPSA) is 67.2 Å². The minimum Gasteiger partial charge on any atom is -0.343 e. The van der Waals surface area contributed by atoms with Crippen LogP contribution in [0.2, 0.25) is 0 Å². The molecule has 0 aliphatic carbocycles. The zero-order valence-corrected chi connectivity index (χ0v) is 14.6. The molecule has 1 fully saturated rings. The van der Waals surface area contributed by atoms with Crippen LogP contribution in [0, 0.1) is 5.92 Å². The van der Waals surface area contributed by atoms with Gasteiger partial charge >= 0.3 is 6.18 Å². The largest absolute Gasteiger partial charge is 0.445 e. The third-order valence-corrected chi connectivity index (χ3v) is 5.85. The molecule has 2 aromatic rings. The Labute approximate surface area is 151 Å². The molecule has 2 aromatic heterocycles. The number of carbonyl (C=O) groups excluding carboxylic acids is 1. The maximum atomic E-state index is 12.8. The minimum atomic E-state index is -4.47. The summed E-state index contributed by atoms with van der Waals surface area (Å²) in [5.74, 6) is 0.0643. The Morgan fingerprint density at radius 1 is 1.15 bits per heavy atom. The molecule has 26 heavy (non-hydrogen) atoms. The lowest BCUT2D eigenvalue weighted by Gasteiger charge is -2.36. The predicted octanol–water partition coefficient (Wildman–Crippen LogP) is 1.66. The summed E-state index contributed by atoms with van der Waals surface area (Å²) >= 11 is 0.543. The van der Waals surface area contributed by atoms with Crippen molar-refractivity contribution < 1.29 is 18.0 Å². The van der Waals surface area contributed by atoms with Gasteiger partial charge in [0.25, 0.3) is 0 Å². The fourth-order valence-corrected chi connectivity index (χ4v) is 4.18. The van der Waals surface area contributed by atoms with E-state index in [0.717, 1.165) is 18.7 Å². The van der Waals surface area contributed by atoms with Crippen molar-refractivity contribution in [2.75, 3.05) is 31.1 Å². The monoisotopic (exact) mass is 386 g/mol. The number of piperazine rings is 1. The highest BCUT2D eigenvalue weighted by Gasteiger charge is 2.37. The average Bonchev–Trinajstić information content (AvgIpc) is 3.29. The van der Waals surface area contributed by atoms with Gasteiger partial charge in [0.15, 0.2) is 0 Å². The standard InChI is InChI=1S/C15H17F3N6OS/c16-15(17,18)13-20-21-14(26-13)23-7-5-22(6-8-23)12(25)10-2-4-24-11(9-10)1-3-19-24/h1,3,10H,2,4-9H2. The zero-order valence-electron chi connectivity index (χ0n) is 13.8. The molecule has 4 rings (SSSR count). The summed E-state index contributed by atoms with van der Waals surface area (Å²) in [5.41, 5.74) is 1.07. The van der Waals surface area contributed by atoms with Crippen LogP contribution in [0.15, 0.2) is 12.3 Å². The number of rotatable bonds is 2. The average molecular weight is 386 g/mol. The molecular formula is C15H17F3N6OS. The molecule has 11 heteroatoms. The summed E-state index contributed by atoms with van der Waals surface area (Å²) in [6, 6.07) is 1.94. The summed E-state index contributed by atoms with van der Waals surface area (Å²) in [6.45, 7) is 2.63. The van der Waals surface area contributed by atoms with Crippen LogP contribution in [-0.4, -0.2) is 57.0 Å². The van der Waals surface area contributed by atoms with Gasteiger partial charge in [0.05, 0.1) is 0 Å². The number of aromatic nitrogens is 4. The molecule has 1 saturated heterocycles. The molecule has 1 amide bonds. The Morgan fingerprint density at radius 2 is 1.92 bits per heavy atom. The summed E-state index contributed by atoms with van der Waals surface area (Å²) in [5, 5.41) is 10.4. The van der Waals surface area contributed by atoms with Gasteiger partial charge in [-0.1, -0.05) is 11.3 Å². The number of anilines is 1. The van der Waals surface area contributed by atoms with E-state index in [0.29, 0.717) is 43.9 Å².